The lowest BCUT2D eigenvalue weighted by molar-refractivity contribution is 0.0593. The smallest absolute Gasteiger partial charge is 0.358 e. The van der Waals surface area contributed by atoms with E-state index in [-0.39, 0.29) is 5.69 Å². The first kappa shape index (κ1) is 20.2. The highest BCUT2D eigenvalue weighted by atomic mass is 16.5. The Morgan fingerprint density at radius 1 is 0.871 bits per heavy atom. The quantitative estimate of drug-likeness (QED) is 0.373. The Kier molecular flexibility index (Phi) is 5.98. The second kappa shape index (κ2) is 9.17. The standard InChI is InChI=1S/C25H22N2O4/c1-3-30-20-13-9-18(10-14-20)24-17-23(25(28)29-2)26-27(24)19-11-15-22(16-12-19)31-21-7-5-4-6-8-21/h4-17H,3H2,1-2H3. The molecule has 4 aromatic rings. The lowest BCUT2D eigenvalue weighted by atomic mass is 10.1. The van der Waals surface area contributed by atoms with Gasteiger partial charge in [-0.1, -0.05) is 18.2 Å². The summed E-state index contributed by atoms with van der Waals surface area (Å²) in [6, 6.07) is 26.5. The number of esters is 1. The van der Waals surface area contributed by atoms with Crippen molar-refractivity contribution in [3.05, 3.63) is 90.6 Å². The van der Waals surface area contributed by atoms with Crippen molar-refractivity contribution < 1.29 is 19.0 Å². The number of carbonyl (C=O) groups excluding carboxylic acids is 1. The van der Waals surface area contributed by atoms with Crippen molar-refractivity contribution in [1.29, 1.82) is 0 Å². The van der Waals surface area contributed by atoms with Crippen molar-refractivity contribution >= 4 is 5.97 Å². The van der Waals surface area contributed by atoms with Gasteiger partial charge in [0.1, 0.15) is 17.2 Å². The van der Waals surface area contributed by atoms with Crippen molar-refractivity contribution in [3.8, 4) is 34.2 Å². The van der Waals surface area contributed by atoms with E-state index in [1.165, 1.54) is 7.11 Å². The van der Waals surface area contributed by atoms with Crippen LogP contribution in [-0.4, -0.2) is 29.5 Å². The van der Waals surface area contributed by atoms with E-state index in [2.05, 4.69) is 5.10 Å². The van der Waals surface area contributed by atoms with E-state index < -0.39 is 5.97 Å². The summed E-state index contributed by atoms with van der Waals surface area (Å²) in [6.45, 7) is 2.54. The number of carbonyl (C=O) groups is 1. The summed E-state index contributed by atoms with van der Waals surface area (Å²) in [5.74, 6) is 1.76. The van der Waals surface area contributed by atoms with E-state index in [1.807, 2.05) is 85.8 Å². The summed E-state index contributed by atoms with van der Waals surface area (Å²) >= 11 is 0. The molecule has 1 heterocycles. The van der Waals surface area contributed by atoms with Crippen molar-refractivity contribution in [2.75, 3.05) is 13.7 Å². The molecule has 0 N–H and O–H groups in total. The molecule has 0 spiro atoms. The van der Waals surface area contributed by atoms with Gasteiger partial charge < -0.3 is 14.2 Å². The molecule has 0 saturated carbocycles. The second-order valence-corrected chi connectivity index (χ2v) is 6.68. The first-order valence-electron chi connectivity index (χ1n) is 9.93. The molecule has 0 bridgehead atoms. The van der Waals surface area contributed by atoms with Gasteiger partial charge in [-0.05, 0) is 73.7 Å². The van der Waals surface area contributed by atoms with Gasteiger partial charge in [-0.25, -0.2) is 9.48 Å². The molecule has 156 valence electrons. The molecule has 0 radical (unpaired) electrons. The highest BCUT2D eigenvalue weighted by Crippen LogP contribution is 2.28. The van der Waals surface area contributed by atoms with E-state index in [1.54, 1.807) is 10.7 Å². The molecule has 1 aromatic heterocycles. The highest BCUT2D eigenvalue weighted by Gasteiger charge is 2.17. The summed E-state index contributed by atoms with van der Waals surface area (Å²) in [4.78, 5) is 12.1. The van der Waals surface area contributed by atoms with E-state index in [0.717, 1.165) is 28.4 Å². The number of aromatic nitrogens is 2. The lowest BCUT2D eigenvalue weighted by Gasteiger charge is -2.10. The second-order valence-electron chi connectivity index (χ2n) is 6.68. The largest absolute Gasteiger partial charge is 0.494 e. The van der Waals surface area contributed by atoms with Crippen LogP contribution in [-0.2, 0) is 4.74 Å². The Balaban J connectivity index is 1.68. The molecule has 3 aromatic carbocycles. The van der Waals surface area contributed by atoms with Crippen molar-refractivity contribution in [2.24, 2.45) is 0 Å². The molecule has 31 heavy (non-hydrogen) atoms. The van der Waals surface area contributed by atoms with Crippen molar-refractivity contribution in [2.45, 2.75) is 6.92 Å². The number of para-hydroxylation sites is 1. The van der Waals surface area contributed by atoms with Gasteiger partial charge in [-0.2, -0.15) is 5.10 Å². The SMILES string of the molecule is CCOc1ccc(-c2cc(C(=O)OC)nn2-c2ccc(Oc3ccccc3)cc2)cc1. The van der Waals surface area contributed by atoms with Crippen molar-refractivity contribution in [3.63, 3.8) is 0 Å². The number of methoxy groups -OCH3 is 1. The van der Waals surface area contributed by atoms with Gasteiger partial charge >= 0.3 is 5.97 Å². The van der Waals surface area contributed by atoms with Gasteiger partial charge in [0.15, 0.2) is 5.69 Å². The van der Waals surface area contributed by atoms with Crippen molar-refractivity contribution in [1.82, 2.24) is 9.78 Å². The molecule has 0 saturated heterocycles. The Morgan fingerprint density at radius 3 is 2.16 bits per heavy atom. The fraction of sp³-hybridized carbons (Fsp3) is 0.120. The number of rotatable bonds is 7. The number of nitrogens with zero attached hydrogens (tertiary/aromatic N) is 2. The summed E-state index contributed by atoms with van der Waals surface area (Å²) in [5.41, 5.74) is 2.69. The molecule has 0 amide bonds. The Hall–Kier alpha value is -4.06. The normalized spacial score (nSPS) is 10.5. The Morgan fingerprint density at radius 2 is 1.52 bits per heavy atom. The Bertz CT molecular complexity index is 1150. The molecule has 0 aliphatic carbocycles. The maximum atomic E-state index is 12.1. The van der Waals surface area contributed by atoms with Crippen LogP contribution in [0.5, 0.6) is 17.2 Å². The molecule has 0 atom stereocenters. The Labute approximate surface area is 180 Å². The van der Waals surface area contributed by atoms with E-state index in [0.29, 0.717) is 12.4 Å². The van der Waals surface area contributed by atoms with Gasteiger partial charge in [0.2, 0.25) is 0 Å². The zero-order chi connectivity index (χ0) is 21.6. The number of ether oxygens (including phenoxy) is 3. The third-order valence-corrected chi connectivity index (χ3v) is 4.63. The van der Waals surface area contributed by atoms with E-state index in [4.69, 9.17) is 14.2 Å². The van der Waals surface area contributed by atoms with E-state index in [9.17, 15) is 4.79 Å². The third kappa shape index (κ3) is 4.59. The van der Waals surface area contributed by atoms with Crippen LogP contribution in [0.2, 0.25) is 0 Å². The summed E-state index contributed by atoms with van der Waals surface area (Å²) in [5, 5.41) is 4.47. The molecular formula is C25H22N2O4. The van der Waals surface area contributed by atoms with E-state index >= 15 is 0 Å². The fourth-order valence-corrected chi connectivity index (χ4v) is 3.16. The average molecular weight is 414 g/mol. The minimum atomic E-state index is -0.491. The van der Waals surface area contributed by atoms with Crippen LogP contribution in [0, 0.1) is 0 Å². The molecule has 4 rings (SSSR count). The minimum Gasteiger partial charge on any atom is -0.494 e. The van der Waals surface area contributed by atoms with Crippen LogP contribution in [0.3, 0.4) is 0 Å². The molecule has 6 heteroatoms. The van der Waals surface area contributed by atoms with Gasteiger partial charge in [-0.3, -0.25) is 0 Å². The maximum absolute atomic E-state index is 12.1. The first-order valence-corrected chi connectivity index (χ1v) is 9.93. The number of hydrogen-bond donors (Lipinski definition) is 0. The number of benzene rings is 3. The average Bonchev–Trinajstić information content (AvgIpc) is 3.26. The zero-order valence-corrected chi connectivity index (χ0v) is 17.3. The summed E-state index contributed by atoms with van der Waals surface area (Å²) in [6.07, 6.45) is 0. The predicted molar refractivity (Wildman–Crippen MR) is 118 cm³/mol. The van der Waals surface area contributed by atoms with Crippen LogP contribution in [0.1, 0.15) is 17.4 Å². The maximum Gasteiger partial charge on any atom is 0.358 e. The topological polar surface area (TPSA) is 62.6 Å². The van der Waals surface area contributed by atoms with Crippen LogP contribution in [0.15, 0.2) is 84.9 Å². The molecule has 0 unspecified atom stereocenters. The fourth-order valence-electron chi connectivity index (χ4n) is 3.16. The van der Waals surface area contributed by atoms with Crippen LogP contribution in [0.4, 0.5) is 0 Å². The molecule has 0 aliphatic heterocycles. The van der Waals surface area contributed by atoms with Gasteiger partial charge in [0, 0.05) is 5.56 Å². The summed E-state index contributed by atoms with van der Waals surface area (Å²) in [7, 11) is 1.34. The van der Waals surface area contributed by atoms with Crippen LogP contribution in [0.25, 0.3) is 16.9 Å². The predicted octanol–water partition coefficient (Wildman–Crippen LogP) is 5.52. The monoisotopic (exact) mass is 414 g/mol. The molecular weight excluding hydrogens is 392 g/mol. The lowest BCUT2D eigenvalue weighted by Crippen LogP contribution is -2.04. The molecule has 0 aliphatic rings. The van der Waals surface area contributed by atoms with Gasteiger partial charge in [0.05, 0.1) is 25.1 Å². The minimum absolute atomic E-state index is 0.232. The van der Waals surface area contributed by atoms with Crippen LogP contribution >= 0.6 is 0 Å². The first-order chi connectivity index (χ1) is 15.2. The third-order valence-electron chi connectivity index (χ3n) is 4.63. The molecule has 6 nitrogen and oxygen atoms in total. The van der Waals surface area contributed by atoms with Crippen LogP contribution < -0.4 is 9.47 Å². The zero-order valence-electron chi connectivity index (χ0n) is 17.3. The highest BCUT2D eigenvalue weighted by molar-refractivity contribution is 5.89. The molecule has 0 fully saturated rings. The number of hydrogen-bond acceptors (Lipinski definition) is 5. The van der Waals surface area contributed by atoms with Gasteiger partial charge in [-0.15, -0.1) is 0 Å². The summed E-state index contributed by atoms with van der Waals surface area (Å²) < 4.78 is 18.0. The van der Waals surface area contributed by atoms with Gasteiger partial charge in [0.25, 0.3) is 0 Å².